The van der Waals surface area contributed by atoms with E-state index >= 15 is 0 Å². The number of nitrogens with zero attached hydrogens (tertiary/aromatic N) is 4. The number of nitrogens with two attached hydrogens (primary N) is 1. The Hall–Kier alpha value is -5.25. The van der Waals surface area contributed by atoms with Crippen molar-refractivity contribution >= 4 is 29.4 Å². The van der Waals surface area contributed by atoms with Gasteiger partial charge in [-0.2, -0.15) is 4.98 Å². The van der Waals surface area contributed by atoms with Gasteiger partial charge in [0.2, 0.25) is 11.8 Å². The van der Waals surface area contributed by atoms with Crippen LogP contribution in [0.1, 0.15) is 71.5 Å². The second kappa shape index (κ2) is 13.6. The van der Waals surface area contributed by atoms with Gasteiger partial charge >= 0.3 is 5.97 Å². The predicted molar refractivity (Wildman–Crippen MR) is 171 cm³/mol. The monoisotopic (exact) mass is 607 g/mol. The lowest BCUT2D eigenvalue weighted by atomic mass is 9.95. The number of carbonyl (C=O) groups excluding carboxylic acids is 2. The average Bonchev–Trinajstić information content (AvgIpc) is 3.10. The molecule has 10 heteroatoms. The Balaban J connectivity index is 1.55. The molecule has 0 spiro atoms. The number of aliphatic carboxylic acids is 1. The van der Waals surface area contributed by atoms with Gasteiger partial charge in [-0.25, -0.2) is 4.98 Å². The molecular weight excluding hydrogens is 570 g/mol. The van der Waals surface area contributed by atoms with Gasteiger partial charge in [0.15, 0.2) is 0 Å². The van der Waals surface area contributed by atoms with E-state index in [1.807, 2.05) is 63.2 Å². The van der Waals surface area contributed by atoms with Crippen LogP contribution < -0.4 is 15.4 Å². The second-order valence-corrected chi connectivity index (χ2v) is 11.4. The van der Waals surface area contributed by atoms with Crippen molar-refractivity contribution in [2.75, 3.05) is 17.2 Å². The maximum Gasteiger partial charge on any atom is 0.305 e. The highest BCUT2D eigenvalue weighted by Crippen LogP contribution is 2.42. The Labute approximate surface area is 262 Å². The zero-order valence-electron chi connectivity index (χ0n) is 25.6. The molecule has 0 saturated carbocycles. The van der Waals surface area contributed by atoms with E-state index in [9.17, 15) is 19.5 Å². The maximum atomic E-state index is 14.8. The number of aromatic nitrogens is 2. The number of carboxylic acid groups (broad SMARTS) is 1. The number of fused-ring (bicyclic) bond motifs is 1. The quantitative estimate of drug-likeness (QED) is 0.212. The zero-order valence-corrected chi connectivity index (χ0v) is 25.6. The van der Waals surface area contributed by atoms with E-state index in [1.54, 1.807) is 47.4 Å². The molecule has 1 aliphatic heterocycles. The van der Waals surface area contributed by atoms with Crippen LogP contribution in [0.3, 0.4) is 0 Å². The summed E-state index contributed by atoms with van der Waals surface area (Å²) in [7, 11) is 0. The van der Waals surface area contributed by atoms with Gasteiger partial charge in [-0.05, 0) is 62.4 Å². The van der Waals surface area contributed by atoms with Crippen LogP contribution >= 0.6 is 0 Å². The number of carbonyl (C=O) groups is 3. The molecule has 3 N–H and O–H groups in total. The van der Waals surface area contributed by atoms with Crippen molar-refractivity contribution in [3.63, 3.8) is 0 Å². The Bertz CT molecular complexity index is 1660. The molecule has 45 heavy (non-hydrogen) atoms. The second-order valence-electron chi connectivity index (χ2n) is 11.4. The molecule has 4 aromatic rings. The fourth-order valence-electron chi connectivity index (χ4n) is 5.84. The number of anilines is 2. The van der Waals surface area contributed by atoms with Crippen molar-refractivity contribution in [1.29, 1.82) is 0 Å². The van der Waals surface area contributed by atoms with Crippen LogP contribution in [0.2, 0.25) is 0 Å². The van der Waals surface area contributed by atoms with Crippen molar-refractivity contribution in [2.45, 2.75) is 58.2 Å². The minimum Gasteiger partial charge on any atom is -0.481 e. The summed E-state index contributed by atoms with van der Waals surface area (Å²) < 4.78 is 5.79. The molecular formula is C35H37N5O5. The summed E-state index contributed by atoms with van der Waals surface area (Å²) in [4.78, 5) is 52.8. The molecule has 5 rings (SSSR count). The third-order valence-electron chi connectivity index (χ3n) is 7.76. The number of amides is 2. The van der Waals surface area contributed by atoms with E-state index in [1.165, 1.54) is 4.90 Å². The van der Waals surface area contributed by atoms with E-state index in [4.69, 9.17) is 10.5 Å². The summed E-state index contributed by atoms with van der Waals surface area (Å²) in [6, 6.07) is 23.2. The number of carboxylic acids is 1. The van der Waals surface area contributed by atoms with Gasteiger partial charge in [-0.1, -0.05) is 66.7 Å². The first kappa shape index (κ1) is 31.2. The van der Waals surface area contributed by atoms with E-state index in [2.05, 4.69) is 9.97 Å². The third-order valence-corrected chi connectivity index (χ3v) is 7.76. The third kappa shape index (κ3) is 6.95. The van der Waals surface area contributed by atoms with Crippen LogP contribution in [0.5, 0.6) is 5.88 Å². The van der Waals surface area contributed by atoms with Crippen molar-refractivity contribution in [3.8, 4) is 5.88 Å². The minimum atomic E-state index is -1.07. The first-order chi connectivity index (χ1) is 21.6. The SMILES string of the molecule is Cc1cc(OCCCc2ccc3c(c2)C(=O)N(C(CC(=O)O)c2ccccc2)C(c2ccccc2)C(=O)N3C(C)C)nc(N)n1. The topological polar surface area (TPSA) is 139 Å². The van der Waals surface area contributed by atoms with Crippen LogP contribution in [-0.4, -0.2) is 50.4 Å². The van der Waals surface area contributed by atoms with Gasteiger partial charge in [-0.3, -0.25) is 14.4 Å². The normalized spacial score (nSPS) is 15.5. The number of aryl methyl sites for hydroxylation is 2. The summed E-state index contributed by atoms with van der Waals surface area (Å²) in [5, 5.41) is 10.0. The van der Waals surface area contributed by atoms with Crippen LogP contribution in [0.15, 0.2) is 84.9 Å². The summed E-state index contributed by atoms with van der Waals surface area (Å²) in [6.45, 7) is 5.99. The van der Waals surface area contributed by atoms with E-state index in [-0.39, 0.29) is 24.3 Å². The minimum absolute atomic E-state index is 0.147. The fraction of sp³-hybridized carbons (Fsp3) is 0.286. The molecule has 0 saturated heterocycles. The molecule has 2 atom stereocenters. The number of hydrogen-bond acceptors (Lipinski definition) is 7. The van der Waals surface area contributed by atoms with Gasteiger partial charge in [0.1, 0.15) is 6.04 Å². The summed E-state index contributed by atoms with van der Waals surface area (Å²) in [5.41, 5.74) is 9.41. The molecule has 0 fully saturated rings. The van der Waals surface area contributed by atoms with Crippen molar-refractivity contribution in [3.05, 3.63) is 113 Å². The average molecular weight is 608 g/mol. The molecule has 0 aliphatic carbocycles. The van der Waals surface area contributed by atoms with Gasteiger partial charge in [0, 0.05) is 17.8 Å². The highest BCUT2D eigenvalue weighted by Gasteiger charge is 2.45. The maximum absolute atomic E-state index is 14.8. The Morgan fingerprint density at radius 2 is 1.67 bits per heavy atom. The van der Waals surface area contributed by atoms with E-state index < -0.39 is 24.0 Å². The van der Waals surface area contributed by atoms with Crippen molar-refractivity contribution in [1.82, 2.24) is 14.9 Å². The first-order valence-corrected chi connectivity index (χ1v) is 15.0. The van der Waals surface area contributed by atoms with E-state index in [0.717, 1.165) is 5.56 Å². The van der Waals surface area contributed by atoms with Crippen LogP contribution in [0.4, 0.5) is 11.6 Å². The Morgan fingerprint density at radius 1 is 0.978 bits per heavy atom. The van der Waals surface area contributed by atoms with Crippen LogP contribution in [-0.2, 0) is 16.0 Å². The molecule has 2 heterocycles. The molecule has 0 radical (unpaired) electrons. The van der Waals surface area contributed by atoms with Crippen LogP contribution in [0, 0.1) is 6.92 Å². The Kier molecular flexibility index (Phi) is 9.42. The molecule has 3 aromatic carbocycles. The highest BCUT2D eigenvalue weighted by molar-refractivity contribution is 6.11. The molecule has 1 aliphatic rings. The molecule has 2 amide bonds. The number of benzene rings is 3. The fourth-order valence-corrected chi connectivity index (χ4v) is 5.84. The van der Waals surface area contributed by atoms with Crippen molar-refractivity contribution in [2.24, 2.45) is 0 Å². The van der Waals surface area contributed by atoms with Gasteiger partial charge < -0.3 is 25.4 Å². The zero-order chi connectivity index (χ0) is 32.1. The number of nitrogen functional groups attached to an aromatic ring is 1. The lowest BCUT2D eigenvalue weighted by molar-refractivity contribution is -0.139. The number of hydrogen-bond donors (Lipinski definition) is 2. The van der Waals surface area contributed by atoms with Crippen LogP contribution in [0.25, 0.3) is 0 Å². The molecule has 232 valence electrons. The lowest BCUT2D eigenvalue weighted by Gasteiger charge is -2.37. The summed E-state index contributed by atoms with van der Waals surface area (Å²) in [6.07, 6.45) is 0.854. The van der Waals surface area contributed by atoms with Gasteiger partial charge in [-0.15, -0.1) is 0 Å². The predicted octanol–water partition coefficient (Wildman–Crippen LogP) is 5.53. The molecule has 1 aromatic heterocycles. The Morgan fingerprint density at radius 3 is 2.31 bits per heavy atom. The lowest BCUT2D eigenvalue weighted by Crippen LogP contribution is -2.46. The largest absolute Gasteiger partial charge is 0.481 e. The number of ether oxygens (including phenoxy) is 1. The van der Waals surface area contributed by atoms with Gasteiger partial charge in [0.25, 0.3) is 11.8 Å². The summed E-state index contributed by atoms with van der Waals surface area (Å²) >= 11 is 0. The highest BCUT2D eigenvalue weighted by atomic mass is 16.5. The van der Waals surface area contributed by atoms with E-state index in [0.29, 0.717) is 53.4 Å². The first-order valence-electron chi connectivity index (χ1n) is 15.0. The smallest absolute Gasteiger partial charge is 0.305 e. The molecule has 2 unspecified atom stereocenters. The summed E-state index contributed by atoms with van der Waals surface area (Å²) in [5.74, 6) is -1.23. The molecule has 10 nitrogen and oxygen atoms in total. The standard InChI is InChI=1S/C35H37N5O5/c1-22(2)39-28-17-16-24(11-10-18-45-30-19-23(3)37-35(36)38-30)20-27(28)33(43)40(32(34(39)44)26-14-8-5-9-15-26)29(21-31(41)42)25-12-6-4-7-13-25/h4-9,12-17,19-20,22,29,32H,10-11,18,21H2,1-3H3,(H,41,42)(H2,36,37,38). The van der Waals surface area contributed by atoms with Crippen molar-refractivity contribution < 1.29 is 24.2 Å². The number of rotatable bonds is 11. The van der Waals surface area contributed by atoms with Gasteiger partial charge in [0.05, 0.1) is 30.3 Å². The molecule has 0 bridgehead atoms.